The molecule has 1 atom stereocenters. The SMILES string of the molecule is CCCCCCCCCCCCCCCCCCCCCCOC(=O)C(CC(=O)O)S(=O)(=O)O.[NaH]. The first-order valence-corrected chi connectivity index (χ1v) is 15.1. The first-order valence-electron chi connectivity index (χ1n) is 13.6. The Morgan fingerprint density at radius 3 is 1.26 bits per heavy atom. The van der Waals surface area contributed by atoms with Crippen molar-refractivity contribution in [1.29, 1.82) is 0 Å². The van der Waals surface area contributed by atoms with Gasteiger partial charge in [0, 0.05) is 0 Å². The monoisotopic (exact) mass is 530 g/mol. The van der Waals surface area contributed by atoms with E-state index >= 15 is 0 Å². The molecule has 7 nitrogen and oxygen atoms in total. The molecule has 0 aliphatic carbocycles. The molecule has 0 bridgehead atoms. The summed E-state index contributed by atoms with van der Waals surface area (Å²) in [6, 6.07) is 0. The van der Waals surface area contributed by atoms with E-state index in [0.29, 0.717) is 6.42 Å². The summed E-state index contributed by atoms with van der Waals surface area (Å²) in [6.07, 6.45) is 24.3. The number of hydrogen-bond donors (Lipinski definition) is 2. The van der Waals surface area contributed by atoms with Gasteiger partial charge in [-0.15, -0.1) is 0 Å². The molecule has 1 unspecified atom stereocenters. The Hall–Kier alpha value is -0.150. The maximum absolute atomic E-state index is 11.7. The first kappa shape index (κ1) is 37.0. The van der Waals surface area contributed by atoms with Crippen molar-refractivity contribution in [1.82, 2.24) is 0 Å². The predicted octanol–water partition coefficient (Wildman–Crippen LogP) is 6.43. The third kappa shape index (κ3) is 25.3. The van der Waals surface area contributed by atoms with Crippen LogP contribution in [0.5, 0.6) is 0 Å². The molecule has 0 saturated carbocycles. The number of carboxylic acid groups (broad SMARTS) is 1. The summed E-state index contributed by atoms with van der Waals surface area (Å²) in [5, 5.41) is 6.60. The molecule has 0 aliphatic heterocycles. The number of carbonyl (C=O) groups is 2. The minimum atomic E-state index is -4.79. The van der Waals surface area contributed by atoms with Crippen molar-refractivity contribution < 1.29 is 32.4 Å². The molecule has 0 heterocycles. The number of carboxylic acids is 1. The van der Waals surface area contributed by atoms with Crippen LogP contribution >= 0.6 is 0 Å². The average molecular weight is 531 g/mol. The van der Waals surface area contributed by atoms with Crippen molar-refractivity contribution in [3.05, 3.63) is 0 Å². The Kier molecular flexibility index (Phi) is 27.0. The third-order valence-corrected chi connectivity index (χ3v) is 7.30. The van der Waals surface area contributed by atoms with Gasteiger partial charge in [0.1, 0.15) is 0 Å². The predicted molar refractivity (Wildman–Crippen MR) is 144 cm³/mol. The second kappa shape index (κ2) is 25.5. The average Bonchev–Trinajstić information content (AvgIpc) is 2.77. The Labute approximate surface area is 236 Å². The zero-order chi connectivity index (χ0) is 25.5. The topological polar surface area (TPSA) is 118 Å². The minimum absolute atomic E-state index is 0. The fraction of sp³-hybridized carbons (Fsp3) is 0.923. The van der Waals surface area contributed by atoms with E-state index in [1.807, 2.05) is 0 Å². The number of aliphatic carboxylic acids is 1. The standard InChI is InChI=1S/C26H50O7S.Na.H/c1-2-3-4-5-6-7-8-9-10-11-12-13-14-15-16-17-18-19-20-21-22-33-26(29)24(23-25(27)28)34(30,31)32;;/h24H,2-23H2,1H3,(H,27,28)(H,30,31,32);;. The fourth-order valence-corrected chi connectivity index (χ4v) is 4.76. The zero-order valence-electron chi connectivity index (χ0n) is 21.5. The van der Waals surface area contributed by atoms with Crippen molar-refractivity contribution in [2.24, 2.45) is 0 Å². The van der Waals surface area contributed by atoms with E-state index in [0.717, 1.165) is 19.3 Å². The zero-order valence-corrected chi connectivity index (χ0v) is 22.3. The van der Waals surface area contributed by atoms with Gasteiger partial charge in [0.05, 0.1) is 13.0 Å². The van der Waals surface area contributed by atoms with E-state index in [-0.39, 0.29) is 36.2 Å². The van der Waals surface area contributed by atoms with Crippen LogP contribution in [0.4, 0.5) is 0 Å². The Bertz CT molecular complexity index is 611. The van der Waals surface area contributed by atoms with E-state index in [1.54, 1.807) is 0 Å². The van der Waals surface area contributed by atoms with Crippen LogP contribution in [0.1, 0.15) is 142 Å². The molecule has 0 rings (SSSR count). The number of esters is 1. The summed E-state index contributed by atoms with van der Waals surface area (Å²) in [5.74, 6) is -2.69. The van der Waals surface area contributed by atoms with Crippen LogP contribution in [0.2, 0.25) is 0 Å². The summed E-state index contributed by atoms with van der Waals surface area (Å²) in [7, 11) is -4.79. The van der Waals surface area contributed by atoms with E-state index in [9.17, 15) is 18.0 Å². The van der Waals surface area contributed by atoms with Gasteiger partial charge >= 0.3 is 41.5 Å². The normalized spacial score (nSPS) is 12.2. The first-order chi connectivity index (χ1) is 16.3. The van der Waals surface area contributed by atoms with Crippen molar-refractivity contribution in [3.8, 4) is 0 Å². The van der Waals surface area contributed by atoms with Gasteiger partial charge in [0.25, 0.3) is 10.1 Å². The molecule has 35 heavy (non-hydrogen) atoms. The molecule has 0 aliphatic rings. The third-order valence-electron chi connectivity index (χ3n) is 6.22. The van der Waals surface area contributed by atoms with Gasteiger partial charge in [0.15, 0.2) is 5.25 Å². The molecule has 9 heteroatoms. The van der Waals surface area contributed by atoms with Gasteiger partial charge in [0.2, 0.25) is 0 Å². The van der Waals surface area contributed by atoms with Crippen LogP contribution < -0.4 is 0 Å². The van der Waals surface area contributed by atoms with Gasteiger partial charge < -0.3 is 9.84 Å². The van der Waals surface area contributed by atoms with Gasteiger partial charge in [-0.05, 0) is 6.42 Å². The molecular formula is C26H51NaO7S. The van der Waals surface area contributed by atoms with Gasteiger partial charge in [-0.1, -0.05) is 129 Å². The quantitative estimate of drug-likeness (QED) is 0.0604. The van der Waals surface area contributed by atoms with Crippen LogP contribution in [0.25, 0.3) is 0 Å². The Morgan fingerprint density at radius 1 is 0.657 bits per heavy atom. The van der Waals surface area contributed by atoms with E-state index in [1.165, 1.54) is 103 Å². The molecule has 0 aromatic carbocycles. The van der Waals surface area contributed by atoms with Crippen LogP contribution in [0.3, 0.4) is 0 Å². The van der Waals surface area contributed by atoms with E-state index in [4.69, 9.17) is 14.4 Å². The molecule has 0 aromatic heterocycles. The summed E-state index contributed by atoms with van der Waals surface area (Å²) in [4.78, 5) is 22.3. The molecule has 0 spiro atoms. The second-order valence-corrected chi connectivity index (χ2v) is 11.1. The summed E-state index contributed by atoms with van der Waals surface area (Å²) in [6.45, 7) is 2.29. The number of hydrogen-bond acceptors (Lipinski definition) is 5. The second-order valence-electron chi connectivity index (χ2n) is 9.49. The summed E-state index contributed by atoms with van der Waals surface area (Å²) in [5.41, 5.74) is 0. The number of carbonyl (C=O) groups excluding carboxylic acids is 1. The maximum atomic E-state index is 11.7. The molecule has 0 amide bonds. The van der Waals surface area contributed by atoms with Gasteiger partial charge in [-0.25, -0.2) is 0 Å². The van der Waals surface area contributed by atoms with Gasteiger partial charge in [-0.2, -0.15) is 8.42 Å². The summed E-state index contributed by atoms with van der Waals surface area (Å²) < 4.78 is 36.0. The number of unbranched alkanes of at least 4 members (excludes halogenated alkanes) is 19. The number of ether oxygens (including phenoxy) is 1. The van der Waals surface area contributed by atoms with Crippen LogP contribution in [0.15, 0.2) is 0 Å². The van der Waals surface area contributed by atoms with Crippen LogP contribution in [0, 0.1) is 0 Å². The van der Waals surface area contributed by atoms with Crippen LogP contribution in [-0.4, -0.2) is 71.4 Å². The molecule has 0 saturated heterocycles. The van der Waals surface area contributed by atoms with Crippen molar-refractivity contribution in [2.45, 2.75) is 147 Å². The van der Waals surface area contributed by atoms with E-state index in [2.05, 4.69) is 6.92 Å². The fourth-order valence-electron chi connectivity index (χ4n) is 4.09. The van der Waals surface area contributed by atoms with Crippen molar-refractivity contribution in [2.75, 3.05) is 6.61 Å². The molecule has 204 valence electrons. The Balaban J connectivity index is 0. The summed E-state index contributed by atoms with van der Waals surface area (Å²) >= 11 is 0. The van der Waals surface area contributed by atoms with Crippen molar-refractivity contribution >= 4 is 51.6 Å². The molecule has 0 aromatic rings. The number of rotatable bonds is 25. The van der Waals surface area contributed by atoms with E-state index < -0.39 is 33.7 Å². The molecule has 0 radical (unpaired) electrons. The van der Waals surface area contributed by atoms with Crippen LogP contribution in [-0.2, 0) is 24.4 Å². The molecule has 2 N–H and O–H groups in total. The molecular weight excluding hydrogens is 479 g/mol. The molecule has 0 fully saturated rings. The van der Waals surface area contributed by atoms with Crippen molar-refractivity contribution in [3.63, 3.8) is 0 Å². The van der Waals surface area contributed by atoms with Gasteiger partial charge in [-0.3, -0.25) is 14.1 Å². The Morgan fingerprint density at radius 2 is 0.971 bits per heavy atom.